The van der Waals surface area contributed by atoms with Crippen LogP contribution in [0.2, 0.25) is 0 Å². The Morgan fingerprint density at radius 3 is 2.78 bits per heavy atom. The molecule has 1 amide bonds. The molecule has 2 bridgehead atoms. The van der Waals surface area contributed by atoms with Crippen LogP contribution >= 0.6 is 11.3 Å². The molecule has 8 heteroatoms. The fraction of sp³-hybridized carbons (Fsp3) is 0.458. The first-order valence-electron chi connectivity index (χ1n) is 11.3. The molecule has 7 nitrogen and oxygen atoms in total. The van der Waals surface area contributed by atoms with Gasteiger partial charge in [0.15, 0.2) is 5.13 Å². The quantitative estimate of drug-likeness (QED) is 0.538. The third-order valence-electron chi connectivity index (χ3n) is 6.85. The van der Waals surface area contributed by atoms with Crippen LogP contribution in [0.4, 0.5) is 5.13 Å². The zero-order chi connectivity index (χ0) is 22.2. The van der Waals surface area contributed by atoms with Crippen LogP contribution in [0.5, 0.6) is 0 Å². The Labute approximate surface area is 191 Å². The summed E-state index contributed by atoms with van der Waals surface area (Å²) in [7, 11) is 0. The zero-order valence-corrected chi connectivity index (χ0v) is 19.1. The summed E-state index contributed by atoms with van der Waals surface area (Å²) in [5.41, 5.74) is 9.36. The highest BCUT2D eigenvalue weighted by atomic mass is 32.1. The molecule has 166 valence electrons. The second-order valence-electron chi connectivity index (χ2n) is 8.97. The molecule has 5 rings (SSSR count). The minimum Gasteiger partial charge on any atom is -0.365 e. The number of fused-ring (bicyclic) bond motifs is 3. The maximum absolute atomic E-state index is 11.6. The number of aryl methyl sites for hydroxylation is 2. The van der Waals surface area contributed by atoms with Gasteiger partial charge in [-0.1, -0.05) is 11.3 Å². The van der Waals surface area contributed by atoms with E-state index in [2.05, 4.69) is 32.0 Å². The number of nitrogens with two attached hydrogens (primary N) is 1. The maximum atomic E-state index is 11.6. The van der Waals surface area contributed by atoms with Gasteiger partial charge in [0.2, 0.25) is 0 Å². The molecule has 0 radical (unpaired) electrons. The Hall–Kier alpha value is -2.89. The number of carbonyl (C=O) groups is 1. The van der Waals surface area contributed by atoms with Crippen molar-refractivity contribution in [2.45, 2.75) is 51.1 Å². The topological polar surface area (TPSA) is 102 Å². The molecule has 2 fully saturated rings. The van der Waals surface area contributed by atoms with E-state index in [9.17, 15) is 4.79 Å². The van der Waals surface area contributed by atoms with E-state index >= 15 is 0 Å². The van der Waals surface area contributed by atoms with Crippen molar-refractivity contribution >= 4 is 33.3 Å². The van der Waals surface area contributed by atoms with E-state index in [0.717, 1.165) is 55.2 Å². The first kappa shape index (κ1) is 21.0. The van der Waals surface area contributed by atoms with Gasteiger partial charge in [-0.15, -0.1) is 0 Å². The summed E-state index contributed by atoms with van der Waals surface area (Å²) in [6, 6.07) is 9.01. The van der Waals surface area contributed by atoms with Gasteiger partial charge in [0.1, 0.15) is 4.88 Å². The minimum atomic E-state index is -0.378. The number of carbonyl (C=O) groups excluding carboxylic acids is 1. The average Bonchev–Trinajstić information content (AvgIpc) is 3.44. The molecule has 2 atom stereocenters. The number of likely N-dealkylation sites (tertiary alicyclic amines) is 1. The molecule has 0 spiro atoms. The lowest BCUT2D eigenvalue weighted by Gasteiger charge is -2.41. The summed E-state index contributed by atoms with van der Waals surface area (Å²) in [6.45, 7) is 5.09. The van der Waals surface area contributed by atoms with E-state index in [1.165, 1.54) is 35.1 Å². The number of primary amides is 1. The molecule has 0 aliphatic carbocycles. The number of aromatic amines is 1. The molecule has 1 aromatic carbocycles. The van der Waals surface area contributed by atoms with E-state index in [1.54, 1.807) is 0 Å². The van der Waals surface area contributed by atoms with Crippen LogP contribution in [-0.4, -0.2) is 52.5 Å². The van der Waals surface area contributed by atoms with Crippen LogP contribution in [0.25, 0.3) is 10.9 Å². The SMILES string of the molecule is Cc1nc(N2C3CCC2CN(CCCCc2c[nH]c4ccc(C#N)cc24)C3)sc1C(N)=O. The van der Waals surface area contributed by atoms with Gasteiger partial charge >= 0.3 is 0 Å². The Kier molecular flexibility index (Phi) is 5.62. The Morgan fingerprint density at radius 1 is 1.31 bits per heavy atom. The van der Waals surface area contributed by atoms with Crippen molar-refractivity contribution in [2.75, 3.05) is 24.5 Å². The predicted molar refractivity (Wildman–Crippen MR) is 127 cm³/mol. The maximum Gasteiger partial charge on any atom is 0.260 e. The molecule has 2 saturated heterocycles. The van der Waals surface area contributed by atoms with Gasteiger partial charge in [-0.25, -0.2) is 4.98 Å². The number of H-pyrrole nitrogens is 1. The summed E-state index contributed by atoms with van der Waals surface area (Å²) < 4.78 is 0. The van der Waals surface area contributed by atoms with Gasteiger partial charge < -0.3 is 15.6 Å². The highest BCUT2D eigenvalue weighted by Crippen LogP contribution is 2.38. The number of hydrogen-bond donors (Lipinski definition) is 2. The van der Waals surface area contributed by atoms with Gasteiger partial charge in [-0.2, -0.15) is 5.26 Å². The first-order chi connectivity index (χ1) is 15.5. The number of nitrogens with zero attached hydrogens (tertiary/aromatic N) is 4. The lowest BCUT2D eigenvalue weighted by Crippen LogP contribution is -2.54. The predicted octanol–water partition coefficient (Wildman–Crippen LogP) is 3.58. The van der Waals surface area contributed by atoms with E-state index in [1.807, 2.05) is 25.1 Å². The number of thiazole rings is 1. The smallest absolute Gasteiger partial charge is 0.260 e. The summed E-state index contributed by atoms with van der Waals surface area (Å²) in [6.07, 6.45) is 7.76. The molecular weight excluding hydrogens is 420 g/mol. The summed E-state index contributed by atoms with van der Waals surface area (Å²) in [5.74, 6) is -0.378. The average molecular weight is 449 g/mol. The largest absolute Gasteiger partial charge is 0.365 e. The molecule has 3 N–H and O–H groups in total. The number of unbranched alkanes of at least 4 members (excludes halogenated alkanes) is 1. The normalized spacial score (nSPS) is 20.7. The zero-order valence-electron chi connectivity index (χ0n) is 18.3. The van der Waals surface area contributed by atoms with Crippen LogP contribution in [0.1, 0.15) is 52.2 Å². The van der Waals surface area contributed by atoms with Crippen LogP contribution in [0.15, 0.2) is 24.4 Å². The lowest BCUT2D eigenvalue weighted by molar-refractivity contribution is 0.100. The molecule has 2 aliphatic heterocycles. The van der Waals surface area contributed by atoms with Crippen molar-refractivity contribution < 1.29 is 4.79 Å². The van der Waals surface area contributed by atoms with Crippen LogP contribution < -0.4 is 10.6 Å². The number of benzene rings is 1. The second-order valence-corrected chi connectivity index (χ2v) is 9.95. The fourth-order valence-corrected chi connectivity index (χ4v) is 6.37. The third-order valence-corrected chi connectivity index (χ3v) is 8.04. The van der Waals surface area contributed by atoms with Crippen LogP contribution in [0, 0.1) is 18.3 Å². The van der Waals surface area contributed by atoms with Crippen molar-refractivity contribution in [3.63, 3.8) is 0 Å². The van der Waals surface area contributed by atoms with E-state index in [0.29, 0.717) is 22.5 Å². The van der Waals surface area contributed by atoms with E-state index in [4.69, 9.17) is 11.0 Å². The number of nitrogens with one attached hydrogen (secondary N) is 1. The standard InChI is InChI=1S/C24H28N6OS/c1-15-22(23(26)31)32-24(28-15)30-18-6-7-19(30)14-29(13-18)9-3-2-4-17-12-27-21-8-5-16(11-25)10-20(17)21/h5,8,10,12,18-19,27H,2-4,6-7,9,13-14H2,1H3,(H2,26,31). The van der Waals surface area contributed by atoms with E-state index in [-0.39, 0.29) is 5.91 Å². The first-order valence-corrected chi connectivity index (χ1v) is 12.1. The van der Waals surface area contributed by atoms with Crippen molar-refractivity contribution in [2.24, 2.45) is 5.73 Å². The Balaban J connectivity index is 1.16. The highest BCUT2D eigenvalue weighted by molar-refractivity contribution is 7.17. The second kappa shape index (κ2) is 8.57. The van der Waals surface area contributed by atoms with Crippen molar-refractivity contribution in [3.8, 4) is 6.07 Å². The monoisotopic (exact) mass is 448 g/mol. The Morgan fingerprint density at radius 2 is 2.09 bits per heavy atom. The van der Waals surface area contributed by atoms with Gasteiger partial charge in [0.05, 0.1) is 17.3 Å². The fourth-order valence-electron chi connectivity index (χ4n) is 5.31. The number of nitriles is 1. The van der Waals surface area contributed by atoms with Crippen LogP contribution in [-0.2, 0) is 6.42 Å². The van der Waals surface area contributed by atoms with Gasteiger partial charge in [-0.3, -0.25) is 9.69 Å². The molecule has 2 aliphatic rings. The molecule has 4 heterocycles. The number of piperazine rings is 1. The van der Waals surface area contributed by atoms with Gasteiger partial charge in [0.25, 0.3) is 5.91 Å². The molecule has 2 aromatic heterocycles. The number of aromatic nitrogens is 2. The molecule has 3 aromatic rings. The summed E-state index contributed by atoms with van der Waals surface area (Å²) in [5, 5.41) is 11.3. The van der Waals surface area contributed by atoms with Crippen molar-refractivity contribution in [1.29, 1.82) is 5.26 Å². The lowest BCUT2D eigenvalue weighted by atomic mass is 10.0. The molecule has 32 heavy (non-hydrogen) atoms. The minimum absolute atomic E-state index is 0.378. The summed E-state index contributed by atoms with van der Waals surface area (Å²) in [4.78, 5) is 25.2. The van der Waals surface area contributed by atoms with Crippen molar-refractivity contribution in [1.82, 2.24) is 14.9 Å². The van der Waals surface area contributed by atoms with Crippen molar-refractivity contribution in [3.05, 3.63) is 46.1 Å². The van der Waals surface area contributed by atoms with Crippen LogP contribution in [0.3, 0.4) is 0 Å². The van der Waals surface area contributed by atoms with Gasteiger partial charge in [0, 0.05) is 42.3 Å². The number of rotatable bonds is 7. The molecule has 0 saturated carbocycles. The third kappa shape index (κ3) is 3.87. The molecular formula is C24H28N6OS. The van der Waals surface area contributed by atoms with Gasteiger partial charge in [-0.05, 0) is 69.3 Å². The van der Waals surface area contributed by atoms with E-state index < -0.39 is 0 Å². The summed E-state index contributed by atoms with van der Waals surface area (Å²) >= 11 is 1.44. The highest BCUT2D eigenvalue weighted by Gasteiger charge is 2.41. The number of hydrogen-bond acceptors (Lipinski definition) is 6. The number of anilines is 1. The molecule has 2 unspecified atom stereocenters. The number of amides is 1. The Bertz CT molecular complexity index is 1180.